The maximum absolute atomic E-state index is 14.2. The molecule has 1 aliphatic rings. The van der Waals surface area contributed by atoms with Gasteiger partial charge in [-0.25, -0.2) is 8.42 Å². The molecule has 0 heterocycles. The fourth-order valence-corrected chi connectivity index (χ4v) is 6.96. The molecule has 7 nitrogen and oxygen atoms in total. The molecule has 224 valence electrons. The van der Waals surface area contributed by atoms with Gasteiger partial charge in [0, 0.05) is 12.6 Å². The molecule has 4 rings (SSSR count). The van der Waals surface area contributed by atoms with Crippen molar-refractivity contribution < 1.29 is 18.0 Å². The predicted molar refractivity (Wildman–Crippen MR) is 168 cm³/mol. The minimum atomic E-state index is -4.20. The van der Waals surface area contributed by atoms with Crippen molar-refractivity contribution in [1.82, 2.24) is 10.2 Å². The van der Waals surface area contributed by atoms with E-state index in [4.69, 9.17) is 23.2 Å². The van der Waals surface area contributed by atoms with Crippen LogP contribution >= 0.6 is 23.2 Å². The molecule has 1 N–H and O–H groups in total. The van der Waals surface area contributed by atoms with Crippen molar-refractivity contribution in [1.29, 1.82) is 0 Å². The summed E-state index contributed by atoms with van der Waals surface area (Å²) in [4.78, 5) is 29.4. The van der Waals surface area contributed by atoms with Crippen molar-refractivity contribution in [2.45, 2.75) is 76.4 Å². The van der Waals surface area contributed by atoms with Crippen LogP contribution in [-0.2, 0) is 26.2 Å². The zero-order chi connectivity index (χ0) is 30.4. The number of anilines is 1. The van der Waals surface area contributed by atoms with Gasteiger partial charge in [-0.15, -0.1) is 0 Å². The van der Waals surface area contributed by atoms with Gasteiger partial charge in [0.2, 0.25) is 11.8 Å². The second kappa shape index (κ2) is 13.9. The summed E-state index contributed by atoms with van der Waals surface area (Å²) in [5, 5.41) is 3.55. The number of hydrogen-bond acceptors (Lipinski definition) is 4. The lowest BCUT2D eigenvalue weighted by molar-refractivity contribution is -0.140. The number of amides is 2. The molecule has 0 aliphatic heterocycles. The first kappa shape index (κ1) is 31.9. The SMILES string of the molecule is CC[C@@H](C(=O)NC1CCCC1)N(Cc1ccccc1C)C(=O)CN(c1ccc(Cl)c(Cl)c1)S(=O)(=O)c1ccc(C)cc1. The number of nitrogens with zero attached hydrogens (tertiary/aromatic N) is 2. The normalized spacial score (nSPS) is 14.4. The van der Waals surface area contributed by atoms with Crippen LogP contribution in [0.15, 0.2) is 71.6 Å². The summed E-state index contributed by atoms with van der Waals surface area (Å²) in [6.07, 6.45) is 4.31. The lowest BCUT2D eigenvalue weighted by atomic mass is 10.1. The molecular formula is C32H37Cl2N3O4S. The van der Waals surface area contributed by atoms with E-state index >= 15 is 0 Å². The van der Waals surface area contributed by atoms with Gasteiger partial charge in [0.15, 0.2) is 0 Å². The molecule has 0 aromatic heterocycles. The van der Waals surface area contributed by atoms with Crippen LogP contribution in [0, 0.1) is 13.8 Å². The molecule has 42 heavy (non-hydrogen) atoms. The van der Waals surface area contributed by atoms with Gasteiger partial charge in [-0.2, -0.15) is 0 Å². The van der Waals surface area contributed by atoms with E-state index in [0.717, 1.165) is 46.7 Å². The quantitative estimate of drug-likeness (QED) is 0.256. The molecule has 0 radical (unpaired) electrons. The molecule has 1 aliphatic carbocycles. The van der Waals surface area contributed by atoms with Gasteiger partial charge in [0.25, 0.3) is 10.0 Å². The van der Waals surface area contributed by atoms with Gasteiger partial charge in [0.1, 0.15) is 12.6 Å². The lowest BCUT2D eigenvalue weighted by Crippen LogP contribution is -2.53. The highest BCUT2D eigenvalue weighted by atomic mass is 35.5. The van der Waals surface area contributed by atoms with Gasteiger partial charge < -0.3 is 10.2 Å². The fraction of sp³-hybridized carbons (Fsp3) is 0.375. The third-order valence-electron chi connectivity index (χ3n) is 7.77. The van der Waals surface area contributed by atoms with E-state index in [9.17, 15) is 18.0 Å². The summed E-state index contributed by atoms with van der Waals surface area (Å²) in [6.45, 7) is 5.29. The van der Waals surface area contributed by atoms with Crippen LogP contribution in [-0.4, -0.2) is 43.8 Å². The lowest BCUT2D eigenvalue weighted by Gasteiger charge is -2.34. The molecule has 0 bridgehead atoms. The second-order valence-corrected chi connectivity index (χ2v) is 13.5. The monoisotopic (exact) mass is 629 g/mol. The Morgan fingerprint density at radius 3 is 2.24 bits per heavy atom. The number of rotatable bonds is 11. The van der Waals surface area contributed by atoms with Crippen LogP contribution in [0.25, 0.3) is 0 Å². The van der Waals surface area contributed by atoms with E-state index in [2.05, 4.69) is 5.32 Å². The molecule has 1 atom stereocenters. The number of nitrogens with one attached hydrogen (secondary N) is 1. The van der Waals surface area contributed by atoms with Crippen LogP contribution in [0.1, 0.15) is 55.7 Å². The molecule has 3 aromatic rings. The number of hydrogen-bond donors (Lipinski definition) is 1. The first-order valence-electron chi connectivity index (χ1n) is 14.2. The number of benzene rings is 3. The van der Waals surface area contributed by atoms with E-state index < -0.39 is 28.5 Å². The van der Waals surface area contributed by atoms with Crippen LogP contribution in [0.3, 0.4) is 0 Å². The van der Waals surface area contributed by atoms with Crippen molar-refractivity contribution in [2.75, 3.05) is 10.8 Å². The van der Waals surface area contributed by atoms with E-state index in [1.165, 1.54) is 35.2 Å². The zero-order valence-corrected chi connectivity index (χ0v) is 26.5. The standard InChI is InChI=1S/C32H37Cl2N3O4S/c1-4-30(32(39)35-25-11-7-8-12-25)36(20-24-10-6-5-9-23(24)3)31(38)21-37(26-15-18-28(33)29(34)19-26)42(40,41)27-16-13-22(2)14-17-27/h5-6,9-10,13-19,25,30H,4,7-8,11-12,20-21H2,1-3H3,(H,35,39)/t30-/m0/s1. The largest absolute Gasteiger partial charge is 0.352 e. The van der Waals surface area contributed by atoms with Gasteiger partial charge in [0.05, 0.1) is 20.6 Å². The van der Waals surface area contributed by atoms with Crippen LogP contribution in [0.4, 0.5) is 5.69 Å². The molecule has 0 saturated heterocycles. The topological polar surface area (TPSA) is 86.8 Å². The molecule has 0 spiro atoms. The number of carbonyl (C=O) groups excluding carboxylic acids is 2. The Bertz CT molecular complexity index is 1520. The molecule has 2 amide bonds. The minimum absolute atomic E-state index is 0.0310. The number of sulfonamides is 1. The summed E-state index contributed by atoms with van der Waals surface area (Å²) in [7, 11) is -4.20. The Balaban J connectivity index is 1.74. The minimum Gasteiger partial charge on any atom is -0.352 e. The highest BCUT2D eigenvalue weighted by Crippen LogP contribution is 2.31. The van der Waals surface area contributed by atoms with Gasteiger partial charge in [-0.1, -0.05) is 84.9 Å². The Morgan fingerprint density at radius 1 is 0.952 bits per heavy atom. The summed E-state index contributed by atoms with van der Waals surface area (Å²) < 4.78 is 29.1. The number of carbonyl (C=O) groups is 2. The van der Waals surface area contributed by atoms with Crippen molar-refractivity contribution in [3.8, 4) is 0 Å². The van der Waals surface area contributed by atoms with Crippen molar-refractivity contribution >= 4 is 50.7 Å². The third-order valence-corrected chi connectivity index (χ3v) is 10.3. The highest BCUT2D eigenvalue weighted by Gasteiger charge is 2.35. The van der Waals surface area contributed by atoms with Gasteiger partial charge in [-0.05, 0) is 74.6 Å². The third kappa shape index (κ3) is 7.46. The summed E-state index contributed by atoms with van der Waals surface area (Å²) in [5.41, 5.74) is 2.93. The Hall–Kier alpha value is -3.07. The average Bonchev–Trinajstić information content (AvgIpc) is 3.47. The predicted octanol–water partition coefficient (Wildman–Crippen LogP) is 6.67. The maximum Gasteiger partial charge on any atom is 0.264 e. The number of aryl methyl sites for hydroxylation is 2. The number of halogens is 2. The first-order chi connectivity index (χ1) is 20.0. The second-order valence-electron chi connectivity index (χ2n) is 10.8. The smallest absolute Gasteiger partial charge is 0.264 e. The van der Waals surface area contributed by atoms with Crippen LogP contribution in [0.2, 0.25) is 10.0 Å². The molecule has 10 heteroatoms. The van der Waals surface area contributed by atoms with Crippen molar-refractivity contribution in [3.63, 3.8) is 0 Å². The van der Waals surface area contributed by atoms with Crippen molar-refractivity contribution in [3.05, 3.63) is 93.5 Å². The van der Waals surface area contributed by atoms with Gasteiger partial charge >= 0.3 is 0 Å². The Labute approximate surface area is 258 Å². The van der Waals surface area contributed by atoms with E-state index in [-0.39, 0.29) is 39.1 Å². The Morgan fingerprint density at radius 2 is 1.62 bits per heavy atom. The fourth-order valence-electron chi connectivity index (χ4n) is 5.26. The maximum atomic E-state index is 14.2. The van der Waals surface area contributed by atoms with E-state index in [1.54, 1.807) is 12.1 Å². The summed E-state index contributed by atoms with van der Waals surface area (Å²) in [5.74, 6) is -0.734. The van der Waals surface area contributed by atoms with Gasteiger partial charge in [-0.3, -0.25) is 13.9 Å². The molecule has 3 aromatic carbocycles. The molecule has 1 saturated carbocycles. The van der Waals surface area contributed by atoms with E-state index in [1.807, 2.05) is 45.0 Å². The highest BCUT2D eigenvalue weighted by molar-refractivity contribution is 7.92. The summed E-state index contributed by atoms with van der Waals surface area (Å²) in [6, 6.07) is 17.8. The Kier molecular flexibility index (Phi) is 10.6. The van der Waals surface area contributed by atoms with E-state index in [0.29, 0.717) is 6.42 Å². The van der Waals surface area contributed by atoms with Crippen LogP contribution in [0.5, 0.6) is 0 Å². The van der Waals surface area contributed by atoms with Crippen molar-refractivity contribution in [2.24, 2.45) is 0 Å². The zero-order valence-electron chi connectivity index (χ0n) is 24.1. The summed E-state index contributed by atoms with van der Waals surface area (Å²) >= 11 is 12.4. The average molecular weight is 631 g/mol. The molecular weight excluding hydrogens is 593 g/mol. The van der Waals surface area contributed by atoms with Crippen LogP contribution < -0.4 is 9.62 Å². The molecule has 1 fully saturated rings. The first-order valence-corrected chi connectivity index (χ1v) is 16.4. The molecule has 0 unspecified atom stereocenters.